The average Bonchev–Trinajstić information content (AvgIpc) is 3.12. The van der Waals surface area contributed by atoms with Gasteiger partial charge < -0.3 is 15.1 Å². The highest BCUT2D eigenvalue weighted by molar-refractivity contribution is 8.05. The Morgan fingerprint density at radius 1 is 1.16 bits per heavy atom. The van der Waals surface area contributed by atoms with Gasteiger partial charge in [0.15, 0.2) is 0 Å². The van der Waals surface area contributed by atoms with Gasteiger partial charge >= 0.3 is 5.97 Å². The molecule has 0 spiro atoms. The second kappa shape index (κ2) is 10.1. The molecule has 1 aliphatic carbocycles. The van der Waals surface area contributed by atoms with Crippen LogP contribution < -0.4 is 0 Å². The van der Waals surface area contributed by atoms with Gasteiger partial charge in [-0.3, -0.25) is 4.79 Å². The number of rotatable bonds is 4. The number of hydrogen-bond donors (Lipinski definition) is 2. The maximum atomic E-state index is 13.7. The van der Waals surface area contributed by atoms with E-state index in [2.05, 4.69) is 11.8 Å². The second-order valence-corrected chi connectivity index (χ2v) is 11.2. The molecule has 0 bridgehead atoms. The van der Waals surface area contributed by atoms with Crippen molar-refractivity contribution in [3.8, 4) is 11.8 Å². The number of benzene rings is 1. The van der Waals surface area contributed by atoms with Gasteiger partial charge in [-0.15, -0.1) is 0 Å². The molecule has 0 aromatic heterocycles. The summed E-state index contributed by atoms with van der Waals surface area (Å²) >= 11 is 13.5. The molecule has 1 aromatic rings. The summed E-state index contributed by atoms with van der Waals surface area (Å²) in [7, 11) is 0. The Morgan fingerprint density at radius 2 is 1.81 bits per heavy atom. The van der Waals surface area contributed by atoms with Crippen molar-refractivity contribution < 1.29 is 19.8 Å². The maximum Gasteiger partial charge on any atom is 0.344 e. The summed E-state index contributed by atoms with van der Waals surface area (Å²) in [5, 5.41) is 20.3. The largest absolute Gasteiger partial charge is 0.477 e. The number of aliphatic hydroxyl groups is 1. The van der Waals surface area contributed by atoms with Crippen LogP contribution in [0.4, 0.5) is 0 Å². The van der Waals surface area contributed by atoms with Crippen molar-refractivity contribution in [1.29, 1.82) is 0 Å². The Balaban J connectivity index is 2.02. The molecule has 1 unspecified atom stereocenters. The highest BCUT2D eigenvalue weighted by Crippen LogP contribution is 2.42. The zero-order valence-electron chi connectivity index (χ0n) is 18.3. The monoisotopic (exact) mass is 495 g/mol. The average molecular weight is 496 g/mol. The van der Waals surface area contributed by atoms with Crippen molar-refractivity contribution in [3.63, 3.8) is 0 Å². The van der Waals surface area contributed by atoms with E-state index in [4.69, 9.17) is 23.2 Å². The van der Waals surface area contributed by atoms with E-state index in [0.717, 1.165) is 0 Å². The van der Waals surface area contributed by atoms with Gasteiger partial charge in [-0.05, 0) is 64.7 Å². The predicted octanol–water partition coefficient (Wildman–Crippen LogP) is 5.59. The first-order valence-electron chi connectivity index (χ1n) is 10.6. The van der Waals surface area contributed by atoms with Crippen LogP contribution in [0.1, 0.15) is 63.2 Å². The van der Waals surface area contributed by atoms with Crippen LogP contribution >= 0.6 is 35.0 Å². The molecular formula is C24H27Cl2NO4S. The second-order valence-electron chi connectivity index (χ2n) is 9.17. The highest BCUT2D eigenvalue weighted by atomic mass is 35.5. The number of carbonyl (C=O) groups is 2. The van der Waals surface area contributed by atoms with Crippen LogP contribution in [0.15, 0.2) is 28.8 Å². The lowest BCUT2D eigenvalue weighted by atomic mass is 9.90. The molecule has 5 nitrogen and oxygen atoms in total. The number of halogens is 2. The summed E-state index contributed by atoms with van der Waals surface area (Å²) in [4.78, 5) is 27.6. The van der Waals surface area contributed by atoms with Gasteiger partial charge in [-0.1, -0.05) is 46.8 Å². The SMILES string of the molecule is CC(C)(C)C#CC1CC(N(C(=O)c2ccc(Cl)cc2Cl)C2CCC(O)CC2)=C(C(=O)O)S1. The van der Waals surface area contributed by atoms with Crippen LogP contribution in [0.2, 0.25) is 10.0 Å². The molecule has 2 N–H and O–H groups in total. The fourth-order valence-electron chi connectivity index (χ4n) is 3.90. The van der Waals surface area contributed by atoms with Gasteiger partial charge in [0, 0.05) is 28.6 Å². The van der Waals surface area contributed by atoms with Crippen LogP contribution in [0, 0.1) is 17.3 Å². The van der Waals surface area contributed by atoms with E-state index < -0.39 is 12.1 Å². The Kier molecular flexibility index (Phi) is 7.88. The molecule has 172 valence electrons. The minimum Gasteiger partial charge on any atom is -0.477 e. The third-order valence-corrected chi connectivity index (χ3v) is 7.17. The Morgan fingerprint density at radius 3 is 2.38 bits per heavy atom. The Hall–Kier alpha value is -1.65. The number of aliphatic hydroxyl groups excluding tert-OH is 1. The van der Waals surface area contributed by atoms with Crippen LogP contribution in [0.5, 0.6) is 0 Å². The Bertz CT molecular complexity index is 997. The molecule has 1 fully saturated rings. The van der Waals surface area contributed by atoms with E-state index in [1.165, 1.54) is 17.8 Å². The van der Waals surface area contributed by atoms with Crippen LogP contribution in [0.3, 0.4) is 0 Å². The fourth-order valence-corrected chi connectivity index (χ4v) is 5.45. The number of carbonyl (C=O) groups excluding carboxylic acids is 1. The molecule has 1 heterocycles. The first kappa shape index (κ1) is 25.0. The molecule has 32 heavy (non-hydrogen) atoms. The quantitative estimate of drug-likeness (QED) is 0.532. The minimum atomic E-state index is -1.07. The molecule has 1 saturated carbocycles. The summed E-state index contributed by atoms with van der Waals surface area (Å²) in [6, 6.07) is 4.44. The molecule has 8 heteroatoms. The first-order chi connectivity index (χ1) is 15.0. The van der Waals surface area contributed by atoms with Crippen molar-refractivity contribution in [2.75, 3.05) is 0 Å². The molecule has 1 aliphatic heterocycles. The number of carboxylic acid groups (broad SMARTS) is 1. The van der Waals surface area contributed by atoms with Crippen LogP contribution in [-0.2, 0) is 4.79 Å². The molecule has 3 rings (SSSR count). The van der Waals surface area contributed by atoms with E-state index in [0.29, 0.717) is 42.8 Å². The summed E-state index contributed by atoms with van der Waals surface area (Å²) in [5.41, 5.74) is 0.528. The van der Waals surface area contributed by atoms with Crippen molar-refractivity contribution in [1.82, 2.24) is 4.90 Å². The van der Waals surface area contributed by atoms with Crippen molar-refractivity contribution in [2.45, 2.75) is 70.3 Å². The summed E-state index contributed by atoms with van der Waals surface area (Å²) < 4.78 is 0. The zero-order valence-corrected chi connectivity index (χ0v) is 20.7. The number of nitrogens with zero attached hydrogens (tertiary/aromatic N) is 1. The van der Waals surface area contributed by atoms with Crippen molar-refractivity contribution >= 4 is 46.8 Å². The van der Waals surface area contributed by atoms with E-state index in [1.54, 1.807) is 17.0 Å². The van der Waals surface area contributed by atoms with Crippen molar-refractivity contribution in [3.05, 3.63) is 44.4 Å². The molecule has 2 aliphatic rings. The molecule has 0 radical (unpaired) electrons. The standard InChI is InChI=1S/C24H27Cl2NO4S/c1-24(2,3)11-10-17-13-20(21(32-17)23(30)31)27(15-5-7-16(28)8-6-15)22(29)18-9-4-14(25)12-19(18)26/h4,9,12,15-17,28H,5-8,13H2,1-3H3,(H,30,31). The van der Waals surface area contributed by atoms with Gasteiger partial charge in [0.1, 0.15) is 4.91 Å². The molecule has 0 saturated heterocycles. The van der Waals surface area contributed by atoms with E-state index >= 15 is 0 Å². The third kappa shape index (κ3) is 6.02. The minimum absolute atomic E-state index is 0.141. The van der Waals surface area contributed by atoms with Crippen molar-refractivity contribution in [2.24, 2.45) is 5.41 Å². The summed E-state index contributed by atoms with van der Waals surface area (Å²) in [6.07, 6.45) is 2.22. The summed E-state index contributed by atoms with van der Waals surface area (Å²) in [6.45, 7) is 5.99. The fraction of sp³-hybridized carbons (Fsp3) is 0.500. The zero-order chi connectivity index (χ0) is 23.6. The molecular weight excluding hydrogens is 469 g/mol. The lowest BCUT2D eigenvalue weighted by Gasteiger charge is -2.37. The number of amides is 1. The normalized spacial score (nSPS) is 23.5. The summed E-state index contributed by atoms with van der Waals surface area (Å²) in [5.74, 6) is 4.94. The third-order valence-electron chi connectivity index (χ3n) is 5.41. The lowest BCUT2D eigenvalue weighted by molar-refractivity contribution is -0.131. The maximum absolute atomic E-state index is 13.7. The number of thioether (sulfide) groups is 1. The molecule has 1 amide bonds. The number of carboxylic acids is 1. The van der Waals surface area contributed by atoms with Gasteiger partial charge in [0.2, 0.25) is 0 Å². The van der Waals surface area contributed by atoms with Crippen LogP contribution in [-0.4, -0.2) is 44.4 Å². The van der Waals surface area contributed by atoms with E-state index in [-0.39, 0.29) is 38.1 Å². The number of hydrogen-bond acceptors (Lipinski definition) is 4. The lowest BCUT2D eigenvalue weighted by Crippen LogP contribution is -2.43. The highest BCUT2D eigenvalue weighted by Gasteiger charge is 2.39. The van der Waals surface area contributed by atoms with Gasteiger partial charge in [-0.25, -0.2) is 4.79 Å². The predicted molar refractivity (Wildman–Crippen MR) is 129 cm³/mol. The van der Waals surface area contributed by atoms with Gasteiger partial charge in [-0.2, -0.15) is 0 Å². The Labute approximate surface area is 203 Å². The smallest absolute Gasteiger partial charge is 0.344 e. The van der Waals surface area contributed by atoms with E-state index in [1.807, 2.05) is 20.8 Å². The van der Waals surface area contributed by atoms with E-state index in [9.17, 15) is 19.8 Å². The topological polar surface area (TPSA) is 77.8 Å². The van der Waals surface area contributed by atoms with Gasteiger partial charge in [0.25, 0.3) is 5.91 Å². The molecule has 1 atom stereocenters. The van der Waals surface area contributed by atoms with Crippen LogP contribution in [0.25, 0.3) is 0 Å². The number of allylic oxidation sites excluding steroid dienone is 1. The van der Waals surface area contributed by atoms with Gasteiger partial charge in [0.05, 0.1) is 21.9 Å². The molecule has 1 aromatic carbocycles. The number of aliphatic carboxylic acids is 1. The first-order valence-corrected chi connectivity index (χ1v) is 12.2.